The highest BCUT2D eigenvalue weighted by Gasteiger charge is 2.29. The SMILES string of the molecule is N#CC(=CNc1ccc(N2C(=O)CCC2=O)cc1)c1nn[nH]n1. The number of imide groups is 1. The Labute approximate surface area is 130 Å². The summed E-state index contributed by atoms with van der Waals surface area (Å²) < 4.78 is 0. The fraction of sp³-hybridized carbons (Fsp3) is 0.143. The summed E-state index contributed by atoms with van der Waals surface area (Å²) in [6.07, 6.45) is 1.95. The average molecular weight is 309 g/mol. The zero-order valence-electron chi connectivity index (χ0n) is 11.9. The molecule has 9 heteroatoms. The van der Waals surface area contributed by atoms with Crippen LogP contribution in [0.15, 0.2) is 30.5 Å². The Kier molecular flexibility index (Phi) is 3.80. The first-order valence-electron chi connectivity index (χ1n) is 6.75. The number of allylic oxidation sites excluding steroid dienone is 1. The van der Waals surface area contributed by atoms with E-state index in [9.17, 15) is 9.59 Å². The highest BCUT2D eigenvalue weighted by molar-refractivity contribution is 6.19. The number of carbonyl (C=O) groups is 2. The number of rotatable bonds is 4. The van der Waals surface area contributed by atoms with Crippen molar-refractivity contribution in [3.63, 3.8) is 0 Å². The van der Waals surface area contributed by atoms with Crippen molar-refractivity contribution in [1.82, 2.24) is 20.6 Å². The van der Waals surface area contributed by atoms with Crippen molar-refractivity contribution in [2.75, 3.05) is 10.2 Å². The molecule has 0 bridgehead atoms. The minimum atomic E-state index is -0.195. The maximum Gasteiger partial charge on any atom is 0.234 e. The lowest BCUT2D eigenvalue weighted by Gasteiger charge is -2.14. The van der Waals surface area contributed by atoms with Crippen molar-refractivity contribution in [2.45, 2.75) is 12.8 Å². The molecule has 3 rings (SSSR count). The number of nitrogens with zero attached hydrogens (tertiary/aromatic N) is 5. The molecule has 1 fully saturated rings. The third-order valence-corrected chi connectivity index (χ3v) is 3.27. The number of aromatic amines is 1. The third-order valence-electron chi connectivity index (χ3n) is 3.27. The molecule has 1 aromatic carbocycles. The summed E-state index contributed by atoms with van der Waals surface area (Å²) in [7, 11) is 0. The standard InChI is InChI=1S/C14H11N7O2/c15-7-9(14-17-19-20-18-14)8-16-10-1-3-11(4-2-10)21-12(22)5-6-13(21)23/h1-4,8,16H,5-6H2,(H,17,18,19,20). The van der Waals surface area contributed by atoms with Gasteiger partial charge in [-0.05, 0) is 29.5 Å². The van der Waals surface area contributed by atoms with E-state index < -0.39 is 0 Å². The van der Waals surface area contributed by atoms with E-state index in [1.54, 1.807) is 24.3 Å². The number of benzene rings is 1. The van der Waals surface area contributed by atoms with Crippen molar-refractivity contribution in [3.05, 3.63) is 36.3 Å². The van der Waals surface area contributed by atoms with Gasteiger partial charge in [0.25, 0.3) is 0 Å². The molecule has 114 valence electrons. The van der Waals surface area contributed by atoms with Gasteiger partial charge in [0.15, 0.2) is 0 Å². The lowest BCUT2D eigenvalue weighted by molar-refractivity contribution is -0.121. The van der Waals surface area contributed by atoms with Gasteiger partial charge in [-0.25, -0.2) is 0 Å². The number of tetrazole rings is 1. The number of nitrogens with one attached hydrogen (secondary N) is 2. The molecule has 0 atom stereocenters. The molecule has 1 saturated heterocycles. The maximum absolute atomic E-state index is 11.7. The molecule has 0 unspecified atom stereocenters. The van der Waals surface area contributed by atoms with E-state index in [4.69, 9.17) is 5.26 Å². The molecule has 0 spiro atoms. The molecule has 23 heavy (non-hydrogen) atoms. The minimum Gasteiger partial charge on any atom is -0.360 e. The normalized spacial score (nSPS) is 14.9. The molecule has 1 aliphatic heterocycles. The van der Waals surface area contributed by atoms with Crippen molar-refractivity contribution < 1.29 is 9.59 Å². The van der Waals surface area contributed by atoms with Crippen LogP contribution in [0.5, 0.6) is 0 Å². The van der Waals surface area contributed by atoms with Crippen molar-refractivity contribution in [2.24, 2.45) is 0 Å². The Morgan fingerprint density at radius 1 is 1.26 bits per heavy atom. The van der Waals surface area contributed by atoms with Gasteiger partial charge >= 0.3 is 0 Å². The molecular weight excluding hydrogens is 298 g/mol. The van der Waals surface area contributed by atoms with Gasteiger partial charge in [-0.15, -0.1) is 10.2 Å². The Hall–Kier alpha value is -3.54. The number of hydrogen-bond acceptors (Lipinski definition) is 7. The zero-order valence-corrected chi connectivity index (χ0v) is 11.9. The summed E-state index contributed by atoms with van der Waals surface area (Å²) in [5, 5.41) is 25.1. The fourth-order valence-corrected chi connectivity index (χ4v) is 2.15. The quantitative estimate of drug-likeness (QED) is 0.632. The monoisotopic (exact) mass is 309 g/mol. The maximum atomic E-state index is 11.7. The first-order valence-corrected chi connectivity index (χ1v) is 6.75. The highest BCUT2D eigenvalue weighted by atomic mass is 16.2. The molecule has 0 aliphatic carbocycles. The molecule has 2 amide bonds. The Balaban J connectivity index is 1.74. The van der Waals surface area contributed by atoms with Gasteiger partial charge in [0.2, 0.25) is 17.6 Å². The van der Waals surface area contributed by atoms with Crippen LogP contribution in [0.1, 0.15) is 18.7 Å². The smallest absolute Gasteiger partial charge is 0.234 e. The molecule has 1 aromatic heterocycles. The largest absolute Gasteiger partial charge is 0.360 e. The van der Waals surface area contributed by atoms with Crippen LogP contribution in [0.4, 0.5) is 11.4 Å². The molecule has 2 heterocycles. The number of aromatic nitrogens is 4. The fourth-order valence-electron chi connectivity index (χ4n) is 2.15. The third kappa shape index (κ3) is 2.91. The summed E-state index contributed by atoms with van der Waals surface area (Å²) in [5.41, 5.74) is 1.43. The average Bonchev–Trinajstić information content (AvgIpc) is 3.20. The van der Waals surface area contributed by atoms with Crippen LogP contribution in [0.3, 0.4) is 0 Å². The van der Waals surface area contributed by atoms with Gasteiger partial charge < -0.3 is 5.32 Å². The summed E-state index contributed by atoms with van der Waals surface area (Å²) in [6, 6.07) is 8.70. The highest BCUT2D eigenvalue weighted by Crippen LogP contribution is 2.24. The van der Waals surface area contributed by atoms with Crippen LogP contribution < -0.4 is 10.2 Å². The second kappa shape index (κ2) is 6.07. The van der Waals surface area contributed by atoms with Crippen LogP contribution in [0.2, 0.25) is 0 Å². The first kappa shape index (κ1) is 14.4. The van der Waals surface area contributed by atoms with Gasteiger partial charge in [-0.2, -0.15) is 10.5 Å². The number of hydrogen-bond donors (Lipinski definition) is 2. The summed E-state index contributed by atoms with van der Waals surface area (Å²) >= 11 is 0. The number of anilines is 2. The zero-order chi connectivity index (χ0) is 16.2. The van der Waals surface area contributed by atoms with Crippen LogP contribution >= 0.6 is 0 Å². The number of amides is 2. The van der Waals surface area contributed by atoms with E-state index in [1.807, 2.05) is 6.07 Å². The van der Waals surface area contributed by atoms with Crippen molar-refractivity contribution in [1.29, 1.82) is 5.26 Å². The second-order valence-corrected chi connectivity index (χ2v) is 4.72. The van der Waals surface area contributed by atoms with E-state index in [-0.39, 0.29) is 36.1 Å². The molecule has 9 nitrogen and oxygen atoms in total. The van der Waals surface area contributed by atoms with Crippen molar-refractivity contribution in [3.8, 4) is 6.07 Å². The number of nitriles is 1. The van der Waals surface area contributed by atoms with Gasteiger partial charge in [0.1, 0.15) is 11.6 Å². The Morgan fingerprint density at radius 2 is 1.96 bits per heavy atom. The summed E-state index contributed by atoms with van der Waals surface area (Å²) in [5.74, 6) is -0.205. The summed E-state index contributed by atoms with van der Waals surface area (Å²) in [6.45, 7) is 0. The molecule has 0 saturated carbocycles. The first-order chi connectivity index (χ1) is 11.2. The lowest BCUT2D eigenvalue weighted by atomic mass is 10.2. The Morgan fingerprint density at radius 3 is 2.52 bits per heavy atom. The van der Waals surface area contributed by atoms with E-state index in [0.29, 0.717) is 11.4 Å². The van der Waals surface area contributed by atoms with E-state index in [1.165, 1.54) is 11.1 Å². The molecule has 0 radical (unpaired) electrons. The van der Waals surface area contributed by atoms with E-state index in [2.05, 4.69) is 25.9 Å². The molecular formula is C14H11N7O2. The predicted molar refractivity (Wildman–Crippen MR) is 79.6 cm³/mol. The van der Waals surface area contributed by atoms with Crippen LogP contribution in [-0.4, -0.2) is 32.4 Å². The molecule has 1 aliphatic rings. The van der Waals surface area contributed by atoms with Crippen LogP contribution in [0, 0.1) is 11.3 Å². The van der Waals surface area contributed by atoms with E-state index >= 15 is 0 Å². The molecule has 2 N–H and O–H groups in total. The molecule has 2 aromatic rings. The van der Waals surface area contributed by atoms with E-state index in [0.717, 1.165) is 0 Å². The number of H-pyrrole nitrogens is 1. The second-order valence-electron chi connectivity index (χ2n) is 4.72. The van der Waals surface area contributed by atoms with Crippen LogP contribution in [0.25, 0.3) is 5.57 Å². The predicted octanol–water partition coefficient (Wildman–Crippen LogP) is 0.830. The van der Waals surface area contributed by atoms with Crippen molar-refractivity contribution >= 4 is 28.8 Å². The van der Waals surface area contributed by atoms with Crippen LogP contribution in [-0.2, 0) is 9.59 Å². The van der Waals surface area contributed by atoms with Gasteiger partial charge in [-0.1, -0.05) is 0 Å². The van der Waals surface area contributed by atoms with Gasteiger partial charge in [-0.3, -0.25) is 14.5 Å². The number of carbonyl (C=O) groups excluding carboxylic acids is 2. The van der Waals surface area contributed by atoms with Gasteiger partial charge in [0, 0.05) is 24.7 Å². The summed E-state index contributed by atoms with van der Waals surface area (Å²) in [4.78, 5) is 24.5. The Bertz CT molecular complexity index is 787. The lowest BCUT2D eigenvalue weighted by Crippen LogP contribution is -2.28. The minimum absolute atomic E-state index is 0.185. The van der Waals surface area contributed by atoms with Gasteiger partial charge in [0.05, 0.1) is 5.69 Å². The topological polar surface area (TPSA) is 128 Å².